The van der Waals surface area contributed by atoms with Crippen LogP contribution in [0.15, 0.2) is 47.5 Å². The maximum Gasteiger partial charge on any atom is 0.224 e. The van der Waals surface area contributed by atoms with Gasteiger partial charge in [-0.15, -0.1) is 0 Å². The normalized spacial score (nSPS) is 21.3. The third kappa shape index (κ3) is 6.03. The lowest BCUT2D eigenvalue weighted by Gasteiger charge is -2.30. The molecule has 0 aromatic heterocycles. The zero-order chi connectivity index (χ0) is 25.1. The second-order valence-corrected chi connectivity index (χ2v) is 8.70. The maximum absolute atomic E-state index is 13.7. The van der Waals surface area contributed by atoms with Crippen molar-refractivity contribution < 1.29 is 31.5 Å². The number of piperidine rings is 1. The zero-order valence-corrected chi connectivity index (χ0v) is 18.7. The van der Waals surface area contributed by atoms with Crippen molar-refractivity contribution in [3.8, 4) is 0 Å². The minimum absolute atomic E-state index is 0.0580. The molecule has 0 spiro atoms. The number of likely N-dealkylation sites (tertiary alicyclic amines) is 2. The van der Waals surface area contributed by atoms with Crippen molar-refractivity contribution in [1.82, 2.24) is 9.80 Å². The van der Waals surface area contributed by atoms with Gasteiger partial charge >= 0.3 is 0 Å². The summed E-state index contributed by atoms with van der Waals surface area (Å²) < 4.78 is 67.4. The van der Waals surface area contributed by atoms with Crippen LogP contribution >= 0.6 is 0 Å². The Hall–Kier alpha value is -3.33. The van der Waals surface area contributed by atoms with E-state index in [9.17, 15) is 31.5 Å². The average molecular weight is 490 g/mol. The first kappa shape index (κ1) is 24.8. The van der Waals surface area contributed by atoms with Gasteiger partial charge in [-0.25, -0.2) is 22.0 Å². The number of rotatable bonds is 5. The minimum atomic E-state index is -1.08. The van der Waals surface area contributed by atoms with Crippen LogP contribution in [0.2, 0.25) is 0 Å². The molecule has 2 aromatic carbocycles. The zero-order valence-electron chi connectivity index (χ0n) is 18.7. The number of carbonyl (C=O) groups excluding carboxylic acids is 2. The van der Waals surface area contributed by atoms with Crippen molar-refractivity contribution in [2.45, 2.75) is 19.0 Å². The van der Waals surface area contributed by atoms with Crippen LogP contribution in [-0.4, -0.2) is 60.4 Å². The molecule has 2 aromatic rings. The third-order valence-corrected chi connectivity index (χ3v) is 6.08. The standard InChI is InChI=1S/C26H23F5N2O2/c27-20-5-7-32(15-20)8-6-25(34)33-13-18(9-16-1-3-21(28)23(30)11-16)26(35)19(14-33)10-17-2-4-22(29)24(31)12-17/h1-4,9-12,20H,5-8,13-15H2/b18-9+,19-10+/t20-/m0/s1. The molecule has 0 aliphatic carbocycles. The van der Waals surface area contributed by atoms with E-state index in [1.54, 1.807) is 0 Å². The molecule has 0 N–H and O–H groups in total. The minimum Gasteiger partial charge on any atom is -0.334 e. The molecule has 0 bridgehead atoms. The molecule has 0 radical (unpaired) electrons. The second kappa shape index (κ2) is 10.5. The molecule has 2 fully saturated rings. The Bertz CT molecular complexity index is 1140. The van der Waals surface area contributed by atoms with E-state index in [4.69, 9.17) is 0 Å². The lowest BCUT2D eigenvalue weighted by atomic mass is 9.94. The summed E-state index contributed by atoms with van der Waals surface area (Å²) in [7, 11) is 0. The first-order valence-corrected chi connectivity index (χ1v) is 11.2. The number of hydrogen-bond acceptors (Lipinski definition) is 3. The molecule has 2 aliphatic heterocycles. The fourth-order valence-corrected chi connectivity index (χ4v) is 4.22. The summed E-state index contributed by atoms with van der Waals surface area (Å²) in [5, 5.41) is 0. The van der Waals surface area contributed by atoms with Crippen LogP contribution in [0.3, 0.4) is 0 Å². The second-order valence-electron chi connectivity index (χ2n) is 8.70. The Balaban J connectivity index is 1.61. The van der Waals surface area contributed by atoms with Crippen molar-refractivity contribution in [3.05, 3.63) is 81.9 Å². The molecule has 0 saturated carbocycles. The quantitative estimate of drug-likeness (QED) is 0.456. The van der Waals surface area contributed by atoms with Crippen molar-refractivity contribution >= 4 is 23.8 Å². The Morgan fingerprint density at radius 1 is 0.886 bits per heavy atom. The molecule has 0 unspecified atom stereocenters. The summed E-state index contributed by atoms with van der Waals surface area (Å²) in [6.07, 6.45) is 2.37. The van der Waals surface area contributed by atoms with Gasteiger partial charge < -0.3 is 4.90 Å². The van der Waals surface area contributed by atoms with Crippen molar-refractivity contribution in [2.24, 2.45) is 0 Å². The van der Waals surface area contributed by atoms with Crippen LogP contribution in [0, 0.1) is 23.3 Å². The molecule has 4 nitrogen and oxygen atoms in total. The highest BCUT2D eigenvalue weighted by atomic mass is 19.2. The van der Waals surface area contributed by atoms with E-state index in [2.05, 4.69) is 0 Å². The lowest BCUT2D eigenvalue weighted by molar-refractivity contribution is -0.131. The first-order valence-electron chi connectivity index (χ1n) is 11.2. The van der Waals surface area contributed by atoms with Gasteiger partial charge in [0.2, 0.25) is 5.91 Å². The van der Waals surface area contributed by atoms with Crippen LogP contribution in [0.25, 0.3) is 12.2 Å². The molecule has 2 aliphatic rings. The summed E-state index contributed by atoms with van der Waals surface area (Å²) >= 11 is 0. The fourth-order valence-electron chi connectivity index (χ4n) is 4.22. The van der Waals surface area contributed by atoms with Crippen LogP contribution in [0.1, 0.15) is 24.0 Å². The first-order chi connectivity index (χ1) is 16.7. The van der Waals surface area contributed by atoms with Crippen LogP contribution < -0.4 is 0 Å². The molecule has 1 amide bonds. The highest BCUT2D eigenvalue weighted by Gasteiger charge is 2.30. The van der Waals surface area contributed by atoms with E-state index in [0.717, 1.165) is 24.3 Å². The largest absolute Gasteiger partial charge is 0.334 e. The molecular weight excluding hydrogens is 467 g/mol. The van der Waals surface area contributed by atoms with Gasteiger partial charge in [0, 0.05) is 50.3 Å². The van der Waals surface area contributed by atoms with Crippen molar-refractivity contribution in [1.29, 1.82) is 0 Å². The van der Waals surface area contributed by atoms with E-state index in [-0.39, 0.29) is 54.2 Å². The Kier molecular flexibility index (Phi) is 7.45. The lowest BCUT2D eigenvalue weighted by Crippen LogP contribution is -2.42. The predicted molar refractivity (Wildman–Crippen MR) is 121 cm³/mol. The van der Waals surface area contributed by atoms with Crippen LogP contribution in [-0.2, 0) is 9.59 Å². The Labute approximate surface area is 199 Å². The molecule has 2 heterocycles. The summed E-state index contributed by atoms with van der Waals surface area (Å²) in [5.74, 6) is -4.93. The molecule has 184 valence electrons. The van der Waals surface area contributed by atoms with Gasteiger partial charge in [-0.1, -0.05) is 12.1 Å². The van der Waals surface area contributed by atoms with E-state index in [0.29, 0.717) is 19.5 Å². The maximum atomic E-state index is 13.7. The topological polar surface area (TPSA) is 40.6 Å². The van der Waals surface area contributed by atoms with Gasteiger partial charge in [0.15, 0.2) is 29.1 Å². The monoisotopic (exact) mass is 490 g/mol. The van der Waals surface area contributed by atoms with Crippen molar-refractivity contribution in [2.75, 3.05) is 32.7 Å². The number of alkyl halides is 1. The smallest absolute Gasteiger partial charge is 0.224 e. The van der Waals surface area contributed by atoms with Gasteiger partial charge in [0.25, 0.3) is 0 Å². The Morgan fingerprint density at radius 2 is 1.43 bits per heavy atom. The van der Waals surface area contributed by atoms with Gasteiger partial charge in [-0.2, -0.15) is 0 Å². The highest BCUT2D eigenvalue weighted by Crippen LogP contribution is 2.24. The van der Waals surface area contributed by atoms with E-state index in [1.807, 2.05) is 4.90 Å². The molecule has 35 heavy (non-hydrogen) atoms. The van der Waals surface area contributed by atoms with E-state index >= 15 is 0 Å². The molecule has 4 rings (SSSR count). The fraction of sp³-hybridized carbons (Fsp3) is 0.308. The number of Topliss-reactive ketones (excluding diaryl/α,β-unsaturated/α-hetero) is 1. The summed E-state index contributed by atoms with van der Waals surface area (Å²) in [6.45, 7) is 1.09. The van der Waals surface area contributed by atoms with Crippen molar-refractivity contribution in [3.63, 3.8) is 0 Å². The molecule has 1 atom stereocenters. The number of amides is 1. The number of carbonyl (C=O) groups is 2. The van der Waals surface area contributed by atoms with Gasteiger partial charge in [-0.05, 0) is 54.0 Å². The third-order valence-electron chi connectivity index (χ3n) is 6.08. The van der Waals surface area contributed by atoms with E-state index in [1.165, 1.54) is 29.2 Å². The molecular formula is C26H23F5N2O2. The highest BCUT2D eigenvalue weighted by molar-refractivity contribution is 6.15. The van der Waals surface area contributed by atoms with Gasteiger partial charge in [-0.3, -0.25) is 14.5 Å². The molecule has 9 heteroatoms. The van der Waals surface area contributed by atoms with Crippen LogP contribution in [0.5, 0.6) is 0 Å². The number of ketones is 1. The summed E-state index contributed by atoms with van der Waals surface area (Å²) in [4.78, 5) is 29.4. The number of nitrogens with zero attached hydrogens (tertiary/aromatic N) is 2. The Morgan fingerprint density at radius 3 is 1.89 bits per heavy atom. The van der Waals surface area contributed by atoms with E-state index < -0.39 is 35.2 Å². The SMILES string of the molecule is O=C1/C(=C/c2ccc(F)c(F)c2)CN(C(=O)CCN2CC[C@H](F)C2)C/C1=C\c1ccc(F)c(F)c1. The summed E-state index contributed by atoms with van der Waals surface area (Å²) in [5.41, 5.74) is 0.795. The van der Waals surface area contributed by atoms with Gasteiger partial charge in [0.1, 0.15) is 6.17 Å². The van der Waals surface area contributed by atoms with Gasteiger partial charge in [0.05, 0.1) is 0 Å². The predicted octanol–water partition coefficient (Wildman–Crippen LogP) is 4.56. The number of halogens is 5. The molecule has 2 saturated heterocycles. The number of benzene rings is 2. The average Bonchev–Trinajstić information content (AvgIpc) is 3.24. The van der Waals surface area contributed by atoms with Crippen LogP contribution in [0.4, 0.5) is 22.0 Å². The number of hydrogen-bond donors (Lipinski definition) is 0. The summed E-state index contributed by atoms with van der Waals surface area (Å²) in [6, 6.07) is 6.36.